The lowest BCUT2D eigenvalue weighted by molar-refractivity contribution is -0.117. The summed E-state index contributed by atoms with van der Waals surface area (Å²) in [6, 6.07) is 22.7. The van der Waals surface area contributed by atoms with Crippen LogP contribution in [0.2, 0.25) is 5.02 Å². The zero-order valence-electron chi connectivity index (χ0n) is 21.0. The number of aliphatic hydroxyl groups excluding tert-OH is 1. The van der Waals surface area contributed by atoms with E-state index in [1.165, 1.54) is 34.7 Å². The molecule has 0 aliphatic carbocycles. The highest BCUT2D eigenvalue weighted by atomic mass is 35.5. The third kappa shape index (κ3) is 4.72. The summed E-state index contributed by atoms with van der Waals surface area (Å²) in [7, 11) is 1.52. The number of thiophene rings is 1. The van der Waals surface area contributed by atoms with Crippen molar-refractivity contribution in [3.63, 3.8) is 0 Å². The van der Waals surface area contributed by atoms with Crippen LogP contribution in [0.3, 0.4) is 0 Å². The van der Waals surface area contributed by atoms with Gasteiger partial charge in [-0.1, -0.05) is 65.4 Å². The molecule has 1 aliphatic heterocycles. The Bertz CT molecular complexity index is 1770. The Balaban J connectivity index is 1.44. The number of methoxy groups -OCH3 is 1. The van der Waals surface area contributed by atoms with Crippen LogP contribution in [-0.4, -0.2) is 28.9 Å². The number of carbonyl (C=O) groups is 2. The monoisotopic (exact) mass is 588 g/mol. The number of amides is 1. The van der Waals surface area contributed by atoms with Gasteiger partial charge in [0.2, 0.25) is 5.78 Å². The molecule has 6 rings (SSSR count). The SMILES string of the molecule is COc1cc(C2C(C(=O)c3cccs3)=C(O)C(=O)N2c2nc3ccc(Cl)cc3s2)ccc1OCc1ccccc1. The smallest absolute Gasteiger partial charge is 0.296 e. The number of carbonyl (C=O) groups excluding carboxylic acids is 2. The standard InChI is InChI=1S/C30H21ClN2O5S2/c1-37-22-14-18(9-12-21(22)38-16-17-6-3-2-4-7-17)26-25(27(34)23-8-5-13-39-23)28(35)29(36)33(26)30-32-20-11-10-19(31)15-24(20)40-30/h2-15,26,35H,16H2,1H3. The molecule has 0 saturated heterocycles. The molecule has 0 spiro atoms. The summed E-state index contributed by atoms with van der Waals surface area (Å²) in [4.78, 5) is 33.6. The van der Waals surface area contributed by atoms with Gasteiger partial charge in [-0.25, -0.2) is 4.98 Å². The first-order valence-electron chi connectivity index (χ1n) is 12.2. The van der Waals surface area contributed by atoms with Crippen LogP contribution in [0, 0.1) is 0 Å². The number of benzene rings is 3. The number of ketones is 1. The van der Waals surface area contributed by atoms with Crippen molar-refractivity contribution >= 4 is 61.3 Å². The van der Waals surface area contributed by atoms with Crippen LogP contribution in [0.5, 0.6) is 11.5 Å². The number of fused-ring (bicyclic) bond motifs is 1. The van der Waals surface area contributed by atoms with Crippen molar-refractivity contribution in [2.75, 3.05) is 12.0 Å². The Kier molecular flexibility index (Phi) is 7.02. The van der Waals surface area contributed by atoms with E-state index in [1.54, 1.807) is 53.9 Å². The highest BCUT2D eigenvalue weighted by molar-refractivity contribution is 7.22. The lowest BCUT2D eigenvalue weighted by Crippen LogP contribution is -2.31. The second-order valence-electron chi connectivity index (χ2n) is 8.94. The van der Waals surface area contributed by atoms with Crippen molar-refractivity contribution in [3.8, 4) is 11.5 Å². The fourth-order valence-electron chi connectivity index (χ4n) is 4.59. The first-order chi connectivity index (χ1) is 19.4. The van der Waals surface area contributed by atoms with Gasteiger partial charge < -0.3 is 14.6 Å². The molecular formula is C30H21ClN2O5S2. The molecule has 1 unspecified atom stereocenters. The number of Topliss-reactive ketones (excluding diaryl/α,β-unsaturated/α-hetero) is 1. The summed E-state index contributed by atoms with van der Waals surface area (Å²) in [5, 5.41) is 13.7. The molecular weight excluding hydrogens is 568 g/mol. The van der Waals surface area contributed by atoms with Gasteiger partial charge in [0.15, 0.2) is 22.4 Å². The predicted octanol–water partition coefficient (Wildman–Crippen LogP) is 7.38. The van der Waals surface area contributed by atoms with Gasteiger partial charge in [0.1, 0.15) is 6.61 Å². The summed E-state index contributed by atoms with van der Waals surface area (Å²) in [6.45, 7) is 0.335. The van der Waals surface area contributed by atoms with Gasteiger partial charge in [0, 0.05) is 5.02 Å². The number of aliphatic hydroxyl groups is 1. The van der Waals surface area contributed by atoms with E-state index >= 15 is 0 Å². The molecule has 2 aromatic heterocycles. The van der Waals surface area contributed by atoms with Crippen molar-refractivity contribution < 1.29 is 24.2 Å². The molecule has 7 nitrogen and oxygen atoms in total. The molecule has 5 aromatic rings. The lowest BCUT2D eigenvalue weighted by atomic mass is 9.95. The number of anilines is 1. The normalized spacial score (nSPS) is 15.2. The zero-order chi connectivity index (χ0) is 27.8. The first kappa shape index (κ1) is 26.1. The number of hydrogen-bond donors (Lipinski definition) is 1. The third-order valence-electron chi connectivity index (χ3n) is 6.48. The van der Waals surface area contributed by atoms with Gasteiger partial charge in [-0.3, -0.25) is 14.5 Å². The van der Waals surface area contributed by atoms with E-state index in [2.05, 4.69) is 4.98 Å². The minimum Gasteiger partial charge on any atom is -0.503 e. The third-order valence-corrected chi connectivity index (χ3v) is 8.60. The number of hydrogen-bond acceptors (Lipinski definition) is 8. The summed E-state index contributed by atoms with van der Waals surface area (Å²) in [6.07, 6.45) is 0. The second-order valence-corrected chi connectivity index (χ2v) is 11.3. The van der Waals surface area contributed by atoms with E-state index in [0.717, 1.165) is 10.3 Å². The van der Waals surface area contributed by atoms with Gasteiger partial charge in [0.25, 0.3) is 5.91 Å². The Morgan fingerprint density at radius 2 is 1.88 bits per heavy atom. The quantitative estimate of drug-likeness (QED) is 0.190. The number of ether oxygens (including phenoxy) is 2. The van der Waals surface area contributed by atoms with Crippen LogP contribution < -0.4 is 14.4 Å². The fourth-order valence-corrected chi connectivity index (χ4v) is 6.53. The number of aromatic nitrogens is 1. The number of thiazole rings is 1. The maximum absolute atomic E-state index is 13.6. The minimum atomic E-state index is -0.949. The van der Waals surface area contributed by atoms with Crippen LogP contribution in [0.1, 0.15) is 26.8 Å². The molecule has 0 radical (unpaired) electrons. The van der Waals surface area contributed by atoms with Gasteiger partial charge >= 0.3 is 0 Å². The molecule has 1 atom stereocenters. The number of nitrogens with zero attached hydrogens (tertiary/aromatic N) is 2. The van der Waals surface area contributed by atoms with Gasteiger partial charge in [-0.05, 0) is 52.9 Å². The summed E-state index contributed by atoms with van der Waals surface area (Å²) in [5.74, 6) is -0.825. The highest BCUT2D eigenvalue weighted by Gasteiger charge is 2.46. The van der Waals surface area contributed by atoms with E-state index < -0.39 is 23.5 Å². The zero-order valence-corrected chi connectivity index (χ0v) is 23.4. The van der Waals surface area contributed by atoms with Crippen molar-refractivity contribution in [3.05, 3.63) is 117 Å². The van der Waals surface area contributed by atoms with Crippen molar-refractivity contribution in [1.82, 2.24) is 4.98 Å². The summed E-state index contributed by atoms with van der Waals surface area (Å²) >= 11 is 8.67. The van der Waals surface area contributed by atoms with Gasteiger partial charge in [-0.2, -0.15) is 0 Å². The first-order valence-corrected chi connectivity index (χ1v) is 14.3. The lowest BCUT2D eigenvalue weighted by Gasteiger charge is -2.25. The highest BCUT2D eigenvalue weighted by Crippen LogP contribution is 2.46. The van der Waals surface area contributed by atoms with Crippen LogP contribution >= 0.6 is 34.3 Å². The van der Waals surface area contributed by atoms with Crippen LogP contribution in [0.15, 0.2) is 95.6 Å². The number of halogens is 1. The van der Waals surface area contributed by atoms with Crippen LogP contribution in [0.4, 0.5) is 5.13 Å². The van der Waals surface area contributed by atoms with Gasteiger partial charge in [-0.15, -0.1) is 11.3 Å². The molecule has 3 heterocycles. The van der Waals surface area contributed by atoms with E-state index in [-0.39, 0.29) is 5.57 Å². The molecule has 1 amide bonds. The largest absolute Gasteiger partial charge is 0.503 e. The Morgan fingerprint density at radius 3 is 2.62 bits per heavy atom. The van der Waals surface area contributed by atoms with E-state index in [1.807, 2.05) is 30.3 Å². The second kappa shape index (κ2) is 10.8. The predicted molar refractivity (Wildman–Crippen MR) is 157 cm³/mol. The Morgan fingerprint density at radius 1 is 1.05 bits per heavy atom. The summed E-state index contributed by atoms with van der Waals surface area (Å²) in [5.41, 5.74) is 2.17. The van der Waals surface area contributed by atoms with Crippen LogP contribution in [-0.2, 0) is 11.4 Å². The van der Waals surface area contributed by atoms with Crippen LogP contribution in [0.25, 0.3) is 10.2 Å². The maximum atomic E-state index is 13.6. The molecule has 3 aromatic carbocycles. The average Bonchev–Trinajstić information content (AvgIpc) is 3.71. The van der Waals surface area contributed by atoms with Crippen molar-refractivity contribution in [1.29, 1.82) is 0 Å². The molecule has 0 saturated carbocycles. The molecule has 40 heavy (non-hydrogen) atoms. The Labute approximate surface area is 242 Å². The molecule has 10 heteroatoms. The molecule has 1 N–H and O–H groups in total. The molecule has 0 fully saturated rings. The van der Waals surface area contributed by atoms with E-state index in [0.29, 0.717) is 44.2 Å². The number of rotatable bonds is 8. The average molecular weight is 589 g/mol. The molecule has 0 bridgehead atoms. The topological polar surface area (TPSA) is 89.0 Å². The Hall–Kier alpha value is -4.18. The summed E-state index contributed by atoms with van der Waals surface area (Å²) < 4.78 is 12.4. The molecule has 1 aliphatic rings. The molecule has 200 valence electrons. The minimum absolute atomic E-state index is 0.0234. The van der Waals surface area contributed by atoms with Crippen molar-refractivity contribution in [2.24, 2.45) is 0 Å². The maximum Gasteiger partial charge on any atom is 0.296 e. The van der Waals surface area contributed by atoms with Gasteiger partial charge in [0.05, 0.1) is 33.8 Å². The van der Waals surface area contributed by atoms with E-state index in [9.17, 15) is 14.7 Å². The fraction of sp³-hybridized carbons (Fsp3) is 0.100. The van der Waals surface area contributed by atoms with E-state index in [4.69, 9.17) is 21.1 Å². The van der Waals surface area contributed by atoms with Crippen molar-refractivity contribution in [2.45, 2.75) is 12.6 Å².